The van der Waals surface area contributed by atoms with Crippen LogP contribution < -0.4 is 9.47 Å². The number of benzene rings is 2. The van der Waals surface area contributed by atoms with Gasteiger partial charge in [0.2, 0.25) is 5.91 Å². The minimum atomic E-state index is -0.0621. The largest absolute Gasteiger partial charge is 0.497 e. The second kappa shape index (κ2) is 8.11. The minimum absolute atomic E-state index is 0.0310. The summed E-state index contributed by atoms with van der Waals surface area (Å²) in [6, 6.07) is 15.9. The summed E-state index contributed by atoms with van der Waals surface area (Å²) in [5.74, 6) is 1.84. The van der Waals surface area contributed by atoms with Crippen LogP contribution in [0.25, 0.3) is 6.08 Å². The molecular formula is C24H26N2O3. The molecule has 1 heterocycles. The molecule has 1 amide bonds. The van der Waals surface area contributed by atoms with E-state index >= 15 is 0 Å². The Labute approximate surface area is 171 Å². The van der Waals surface area contributed by atoms with E-state index in [0.29, 0.717) is 0 Å². The van der Waals surface area contributed by atoms with E-state index in [9.17, 15) is 4.79 Å². The highest BCUT2D eigenvalue weighted by atomic mass is 16.5. The lowest BCUT2D eigenvalue weighted by Gasteiger charge is -2.29. The van der Waals surface area contributed by atoms with Crippen LogP contribution in [0.3, 0.4) is 0 Å². The molecule has 4 rings (SSSR count). The van der Waals surface area contributed by atoms with Crippen molar-refractivity contribution in [2.24, 2.45) is 11.0 Å². The molecule has 2 atom stereocenters. The van der Waals surface area contributed by atoms with Gasteiger partial charge in [0.15, 0.2) is 0 Å². The minimum Gasteiger partial charge on any atom is -0.497 e. The van der Waals surface area contributed by atoms with Crippen molar-refractivity contribution in [2.75, 3.05) is 14.2 Å². The molecule has 0 aromatic heterocycles. The van der Waals surface area contributed by atoms with Crippen LogP contribution in [-0.4, -0.2) is 30.8 Å². The Morgan fingerprint density at radius 2 is 1.66 bits per heavy atom. The molecule has 1 aliphatic carbocycles. The van der Waals surface area contributed by atoms with Gasteiger partial charge in [-0.1, -0.05) is 24.3 Å². The van der Waals surface area contributed by atoms with Crippen LogP contribution in [0.15, 0.2) is 59.2 Å². The fourth-order valence-corrected chi connectivity index (χ4v) is 4.30. The summed E-state index contributed by atoms with van der Waals surface area (Å²) in [4.78, 5) is 12.4. The summed E-state index contributed by atoms with van der Waals surface area (Å²) >= 11 is 0. The van der Waals surface area contributed by atoms with Crippen molar-refractivity contribution < 1.29 is 14.3 Å². The first-order chi connectivity index (χ1) is 14.1. The first kappa shape index (κ1) is 19.2. The number of hydrogen-bond donors (Lipinski definition) is 0. The molecule has 2 aromatic rings. The molecule has 150 valence electrons. The Kier molecular flexibility index (Phi) is 5.38. The van der Waals surface area contributed by atoms with Crippen LogP contribution in [0.5, 0.6) is 11.5 Å². The predicted octanol–water partition coefficient (Wildman–Crippen LogP) is 4.85. The van der Waals surface area contributed by atoms with Gasteiger partial charge < -0.3 is 9.47 Å². The van der Waals surface area contributed by atoms with Gasteiger partial charge in [0.05, 0.1) is 26.0 Å². The zero-order chi connectivity index (χ0) is 20.4. The Balaban J connectivity index is 1.68. The zero-order valence-corrected chi connectivity index (χ0v) is 17.1. The van der Waals surface area contributed by atoms with E-state index in [1.807, 2.05) is 36.4 Å². The molecule has 0 bridgehead atoms. The standard InChI is InChI=1S/C24H26N2O3/c1-16(27)26-24(18-9-13-21(29-3)14-10-18)22-6-4-5-19(23(22)25-26)15-17-7-11-20(28-2)12-8-17/h7-15,22,24H,4-6H2,1-3H3/t22-,24+/m0/s1. The number of methoxy groups -OCH3 is 2. The summed E-state index contributed by atoms with van der Waals surface area (Å²) in [6.45, 7) is 1.59. The van der Waals surface area contributed by atoms with Gasteiger partial charge >= 0.3 is 0 Å². The van der Waals surface area contributed by atoms with E-state index in [4.69, 9.17) is 14.6 Å². The van der Waals surface area contributed by atoms with Gasteiger partial charge in [-0.05, 0) is 66.3 Å². The molecule has 0 radical (unpaired) electrons. The lowest BCUT2D eigenvalue weighted by Crippen LogP contribution is -2.30. The van der Waals surface area contributed by atoms with Crippen LogP contribution in [0, 0.1) is 5.92 Å². The zero-order valence-electron chi connectivity index (χ0n) is 17.1. The van der Waals surface area contributed by atoms with Gasteiger partial charge in [-0.25, -0.2) is 5.01 Å². The lowest BCUT2D eigenvalue weighted by molar-refractivity contribution is -0.131. The summed E-state index contributed by atoms with van der Waals surface area (Å²) < 4.78 is 10.5. The van der Waals surface area contributed by atoms with Crippen LogP contribution in [-0.2, 0) is 4.79 Å². The highest BCUT2D eigenvalue weighted by Gasteiger charge is 2.42. The average molecular weight is 390 g/mol. The Hall–Kier alpha value is -3.08. The Morgan fingerprint density at radius 1 is 1.03 bits per heavy atom. The molecule has 1 aliphatic heterocycles. The SMILES string of the molecule is COc1ccc(C=C2CCC[C@H]3C2=NN(C(C)=O)[C@@H]3c2ccc(OC)cc2)cc1. The van der Waals surface area contributed by atoms with Crippen molar-refractivity contribution in [3.05, 3.63) is 65.2 Å². The number of ether oxygens (including phenoxy) is 2. The number of hydrogen-bond acceptors (Lipinski definition) is 4. The molecule has 1 saturated carbocycles. The summed E-state index contributed by atoms with van der Waals surface area (Å²) in [7, 11) is 3.33. The third-order valence-corrected chi connectivity index (χ3v) is 5.74. The highest BCUT2D eigenvalue weighted by Crippen LogP contribution is 2.44. The van der Waals surface area contributed by atoms with Gasteiger partial charge in [0.1, 0.15) is 11.5 Å². The topological polar surface area (TPSA) is 51.1 Å². The second-order valence-electron chi connectivity index (χ2n) is 7.51. The van der Waals surface area contributed by atoms with E-state index in [1.165, 1.54) is 5.57 Å². The molecule has 5 nitrogen and oxygen atoms in total. The first-order valence-corrected chi connectivity index (χ1v) is 9.98. The second-order valence-corrected chi connectivity index (χ2v) is 7.51. The quantitative estimate of drug-likeness (QED) is 0.750. The fourth-order valence-electron chi connectivity index (χ4n) is 4.30. The lowest BCUT2D eigenvalue weighted by atomic mass is 9.77. The van der Waals surface area contributed by atoms with Crippen molar-refractivity contribution >= 4 is 17.7 Å². The molecule has 0 N–H and O–H groups in total. The van der Waals surface area contributed by atoms with Crippen molar-refractivity contribution in [3.8, 4) is 11.5 Å². The Bertz CT molecular complexity index is 945. The number of carbonyl (C=O) groups excluding carboxylic acids is 1. The molecule has 2 aromatic carbocycles. The fraction of sp³-hybridized carbons (Fsp3) is 0.333. The number of carbonyl (C=O) groups is 1. The smallest absolute Gasteiger partial charge is 0.240 e. The molecule has 0 saturated heterocycles. The maximum atomic E-state index is 12.4. The third-order valence-electron chi connectivity index (χ3n) is 5.74. The number of fused-ring (bicyclic) bond motifs is 1. The average Bonchev–Trinajstić information content (AvgIpc) is 3.15. The molecule has 5 heteroatoms. The summed E-state index contributed by atoms with van der Waals surface area (Å²) in [5, 5.41) is 6.46. The van der Waals surface area contributed by atoms with Crippen LogP contribution >= 0.6 is 0 Å². The normalized spacial score (nSPS) is 22.2. The number of allylic oxidation sites excluding steroid dienone is 1. The van der Waals surface area contributed by atoms with E-state index in [0.717, 1.165) is 47.6 Å². The van der Waals surface area contributed by atoms with Crippen LogP contribution in [0.2, 0.25) is 0 Å². The van der Waals surface area contributed by atoms with E-state index in [1.54, 1.807) is 26.2 Å². The van der Waals surface area contributed by atoms with Gasteiger partial charge in [0.25, 0.3) is 0 Å². The van der Waals surface area contributed by atoms with Crippen molar-refractivity contribution in [1.29, 1.82) is 0 Å². The summed E-state index contributed by atoms with van der Waals surface area (Å²) in [6.07, 6.45) is 5.28. The maximum Gasteiger partial charge on any atom is 0.240 e. The molecule has 0 unspecified atom stereocenters. The Morgan fingerprint density at radius 3 is 2.24 bits per heavy atom. The molecule has 29 heavy (non-hydrogen) atoms. The molecular weight excluding hydrogens is 364 g/mol. The van der Waals surface area contributed by atoms with Crippen LogP contribution in [0.1, 0.15) is 43.4 Å². The van der Waals surface area contributed by atoms with Gasteiger partial charge in [-0.3, -0.25) is 4.79 Å². The predicted molar refractivity (Wildman–Crippen MR) is 114 cm³/mol. The van der Waals surface area contributed by atoms with Gasteiger partial charge in [0, 0.05) is 12.8 Å². The van der Waals surface area contributed by atoms with E-state index in [-0.39, 0.29) is 17.9 Å². The van der Waals surface area contributed by atoms with Gasteiger partial charge in [-0.2, -0.15) is 5.10 Å². The molecule has 0 spiro atoms. The maximum absolute atomic E-state index is 12.4. The number of nitrogens with zero attached hydrogens (tertiary/aromatic N) is 2. The number of amides is 1. The van der Waals surface area contributed by atoms with E-state index in [2.05, 4.69) is 18.2 Å². The first-order valence-electron chi connectivity index (χ1n) is 9.98. The number of rotatable bonds is 4. The van der Waals surface area contributed by atoms with E-state index < -0.39 is 0 Å². The summed E-state index contributed by atoms with van der Waals surface area (Å²) in [5.41, 5.74) is 4.47. The van der Waals surface area contributed by atoms with Crippen molar-refractivity contribution in [3.63, 3.8) is 0 Å². The van der Waals surface area contributed by atoms with Crippen LogP contribution in [0.4, 0.5) is 0 Å². The van der Waals surface area contributed by atoms with Crippen molar-refractivity contribution in [1.82, 2.24) is 5.01 Å². The van der Waals surface area contributed by atoms with Crippen molar-refractivity contribution in [2.45, 2.75) is 32.2 Å². The monoisotopic (exact) mass is 390 g/mol. The third kappa shape index (κ3) is 3.77. The highest BCUT2D eigenvalue weighted by molar-refractivity contribution is 6.08. The molecule has 1 fully saturated rings. The molecule has 2 aliphatic rings. The number of hydrazone groups is 1. The van der Waals surface area contributed by atoms with Gasteiger partial charge in [-0.15, -0.1) is 0 Å².